The molecule has 1 saturated heterocycles. The summed E-state index contributed by atoms with van der Waals surface area (Å²) in [5.41, 5.74) is 1.11. The average Bonchev–Trinajstić information content (AvgIpc) is 3.08. The van der Waals surface area contributed by atoms with Gasteiger partial charge in [0.05, 0.1) is 12.8 Å². The monoisotopic (exact) mass is 363 g/mol. The highest BCUT2D eigenvalue weighted by molar-refractivity contribution is 5.95. The van der Waals surface area contributed by atoms with E-state index in [1.54, 1.807) is 38.4 Å². The first-order valence-corrected chi connectivity index (χ1v) is 7.99. The number of pyridine rings is 1. The van der Waals surface area contributed by atoms with Gasteiger partial charge in [-0.2, -0.15) is 0 Å². The molecule has 1 aromatic carbocycles. The van der Waals surface area contributed by atoms with Crippen LogP contribution in [0.1, 0.15) is 22.3 Å². The number of halogens is 1. The lowest BCUT2D eigenvalue weighted by molar-refractivity contribution is 0.0937. The molecule has 7 heteroatoms. The summed E-state index contributed by atoms with van der Waals surface area (Å²) in [6.07, 6.45) is 2.54. The Morgan fingerprint density at radius 1 is 1.32 bits per heavy atom. The first-order chi connectivity index (χ1) is 11.6. The zero-order chi connectivity index (χ0) is 17.1. The third-order valence-corrected chi connectivity index (χ3v) is 4.27. The minimum atomic E-state index is -0.344. The molecule has 25 heavy (non-hydrogen) atoms. The fraction of sp³-hybridized carbons (Fsp3) is 0.333. The van der Waals surface area contributed by atoms with E-state index < -0.39 is 0 Å². The van der Waals surface area contributed by atoms with Crippen molar-refractivity contribution in [3.05, 3.63) is 58.0 Å². The Bertz CT molecular complexity index is 813. The molecule has 0 radical (unpaired) electrons. The molecule has 0 bridgehead atoms. The number of hydrogen-bond acceptors (Lipinski definition) is 4. The SMILES string of the molecule is COc1ccccc1-n1ccc(C)c(C(=O)N[C@H]2CCNC2)c1=O.Cl. The van der Waals surface area contributed by atoms with Crippen molar-refractivity contribution in [3.63, 3.8) is 0 Å². The van der Waals surface area contributed by atoms with Crippen LogP contribution in [0.4, 0.5) is 0 Å². The molecular formula is C18H22ClN3O3. The van der Waals surface area contributed by atoms with Crippen LogP contribution in [0.5, 0.6) is 5.75 Å². The van der Waals surface area contributed by atoms with Gasteiger partial charge in [-0.1, -0.05) is 12.1 Å². The third-order valence-electron chi connectivity index (χ3n) is 4.27. The number of nitrogens with one attached hydrogen (secondary N) is 2. The van der Waals surface area contributed by atoms with Gasteiger partial charge in [0.25, 0.3) is 11.5 Å². The molecule has 0 unspecified atom stereocenters. The Hall–Kier alpha value is -2.31. The lowest BCUT2D eigenvalue weighted by atomic mass is 10.1. The highest BCUT2D eigenvalue weighted by Crippen LogP contribution is 2.21. The van der Waals surface area contributed by atoms with Gasteiger partial charge in [0, 0.05) is 18.8 Å². The zero-order valence-electron chi connectivity index (χ0n) is 14.2. The van der Waals surface area contributed by atoms with Crippen LogP contribution < -0.4 is 20.9 Å². The number of nitrogens with zero attached hydrogens (tertiary/aromatic N) is 1. The minimum absolute atomic E-state index is 0. The molecule has 0 aliphatic carbocycles. The highest BCUT2D eigenvalue weighted by atomic mass is 35.5. The number of carbonyl (C=O) groups is 1. The zero-order valence-corrected chi connectivity index (χ0v) is 15.1. The van der Waals surface area contributed by atoms with Gasteiger partial charge >= 0.3 is 0 Å². The fourth-order valence-electron chi connectivity index (χ4n) is 2.96. The maximum Gasteiger partial charge on any atom is 0.268 e. The summed E-state index contributed by atoms with van der Waals surface area (Å²) < 4.78 is 6.78. The molecule has 2 aromatic rings. The molecule has 1 aromatic heterocycles. The number of methoxy groups -OCH3 is 1. The molecule has 0 spiro atoms. The standard InChI is InChI=1S/C18H21N3O3.ClH/c1-12-8-10-21(14-5-3-4-6-15(14)24-2)18(23)16(12)17(22)20-13-7-9-19-11-13;/h3-6,8,10,13,19H,7,9,11H2,1-2H3,(H,20,22);1H/t13-;/m0./s1. The van der Waals surface area contributed by atoms with E-state index in [1.165, 1.54) is 4.57 Å². The second-order valence-corrected chi connectivity index (χ2v) is 5.88. The molecular weight excluding hydrogens is 342 g/mol. The second-order valence-electron chi connectivity index (χ2n) is 5.88. The van der Waals surface area contributed by atoms with Gasteiger partial charge < -0.3 is 15.4 Å². The lowest BCUT2D eigenvalue weighted by Crippen LogP contribution is -2.40. The molecule has 3 rings (SSSR count). The predicted octanol–water partition coefficient (Wildman–Crippen LogP) is 1.67. The molecule has 1 aliphatic heterocycles. The van der Waals surface area contributed by atoms with Crippen molar-refractivity contribution >= 4 is 18.3 Å². The number of aromatic nitrogens is 1. The van der Waals surface area contributed by atoms with Gasteiger partial charge in [0.1, 0.15) is 11.3 Å². The molecule has 0 saturated carbocycles. The minimum Gasteiger partial charge on any atom is -0.495 e. The largest absolute Gasteiger partial charge is 0.495 e. The van der Waals surface area contributed by atoms with Crippen molar-refractivity contribution in [2.75, 3.05) is 20.2 Å². The first-order valence-electron chi connectivity index (χ1n) is 7.99. The normalized spacial score (nSPS) is 16.2. The van der Waals surface area contributed by atoms with Crippen molar-refractivity contribution < 1.29 is 9.53 Å². The maximum atomic E-state index is 12.9. The van der Waals surface area contributed by atoms with Gasteiger partial charge in [-0.3, -0.25) is 14.2 Å². The Morgan fingerprint density at radius 3 is 2.76 bits per heavy atom. The number of para-hydroxylation sites is 2. The molecule has 2 N–H and O–H groups in total. The van der Waals surface area contributed by atoms with Crippen LogP contribution in [0.2, 0.25) is 0 Å². The van der Waals surface area contributed by atoms with E-state index in [2.05, 4.69) is 10.6 Å². The second kappa shape index (κ2) is 8.18. The van der Waals surface area contributed by atoms with E-state index in [4.69, 9.17) is 4.74 Å². The topological polar surface area (TPSA) is 72.4 Å². The smallest absolute Gasteiger partial charge is 0.268 e. The summed E-state index contributed by atoms with van der Waals surface area (Å²) in [6, 6.07) is 9.08. The number of rotatable bonds is 4. The highest BCUT2D eigenvalue weighted by Gasteiger charge is 2.22. The Morgan fingerprint density at radius 2 is 2.08 bits per heavy atom. The quantitative estimate of drug-likeness (QED) is 0.866. The number of benzene rings is 1. The van der Waals surface area contributed by atoms with Crippen molar-refractivity contribution in [2.45, 2.75) is 19.4 Å². The van der Waals surface area contributed by atoms with Gasteiger partial charge in [-0.25, -0.2) is 0 Å². The molecule has 2 heterocycles. The number of amides is 1. The Kier molecular flexibility index (Phi) is 6.22. The summed E-state index contributed by atoms with van der Waals surface area (Å²) in [5, 5.41) is 6.13. The van der Waals surface area contributed by atoms with Crippen LogP contribution in [0.3, 0.4) is 0 Å². The lowest BCUT2D eigenvalue weighted by Gasteiger charge is -2.15. The molecule has 1 aliphatic rings. The molecule has 134 valence electrons. The van der Waals surface area contributed by atoms with E-state index in [1.807, 2.05) is 12.1 Å². The number of aryl methyl sites for hydroxylation is 1. The summed E-state index contributed by atoms with van der Waals surface area (Å²) >= 11 is 0. The van der Waals surface area contributed by atoms with Crippen molar-refractivity contribution in [2.24, 2.45) is 0 Å². The molecule has 1 atom stereocenters. The summed E-state index contributed by atoms with van der Waals surface area (Å²) in [4.78, 5) is 25.5. The fourth-order valence-corrected chi connectivity index (χ4v) is 2.96. The van der Waals surface area contributed by atoms with Crippen LogP contribution in [-0.2, 0) is 0 Å². The molecule has 1 amide bonds. The maximum absolute atomic E-state index is 12.9. The third kappa shape index (κ3) is 3.86. The van der Waals surface area contributed by atoms with Crippen LogP contribution >= 0.6 is 12.4 Å². The van der Waals surface area contributed by atoms with Gasteiger partial charge in [0.15, 0.2) is 0 Å². The van der Waals surface area contributed by atoms with E-state index in [-0.39, 0.29) is 35.5 Å². The van der Waals surface area contributed by atoms with Crippen LogP contribution in [0.25, 0.3) is 5.69 Å². The summed E-state index contributed by atoms with van der Waals surface area (Å²) in [7, 11) is 1.55. The molecule has 6 nitrogen and oxygen atoms in total. The summed E-state index contributed by atoms with van der Waals surface area (Å²) in [6.45, 7) is 3.39. The molecule has 1 fully saturated rings. The Labute approximate surface area is 152 Å². The van der Waals surface area contributed by atoms with Gasteiger partial charge in [-0.05, 0) is 43.7 Å². The predicted molar refractivity (Wildman–Crippen MR) is 99.3 cm³/mol. The van der Waals surface area contributed by atoms with E-state index in [9.17, 15) is 9.59 Å². The van der Waals surface area contributed by atoms with Crippen molar-refractivity contribution in [1.29, 1.82) is 0 Å². The van der Waals surface area contributed by atoms with E-state index in [0.29, 0.717) is 17.0 Å². The number of hydrogen-bond donors (Lipinski definition) is 2. The van der Waals surface area contributed by atoms with Crippen LogP contribution in [-0.4, -0.2) is 36.7 Å². The van der Waals surface area contributed by atoms with Crippen LogP contribution in [0, 0.1) is 6.92 Å². The van der Waals surface area contributed by atoms with Gasteiger partial charge in [-0.15, -0.1) is 12.4 Å². The number of carbonyl (C=O) groups excluding carboxylic acids is 1. The number of ether oxygens (including phenoxy) is 1. The van der Waals surface area contributed by atoms with E-state index in [0.717, 1.165) is 19.5 Å². The van der Waals surface area contributed by atoms with Crippen LogP contribution in [0.15, 0.2) is 41.3 Å². The van der Waals surface area contributed by atoms with Crippen molar-refractivity contribution in [3.8, 4) is 11.4 Å². The van der Waals surface area contributed by atoms with Crippen molar-refractivity contribution in [1.82, 2.24) is 15.2 Å². The average molecular weight is 364 g/mol. The Balaban J connectivity index is 0.00000225. The van der Waals surface area contributed by atoms with E-state index >= 15 is 0 Å². The first kappa shape index (κ1) is 19.0. The van der Waals surface area contributed by atoms with Gasteiger partial charge in [0.2, 0.25) is 0 Å². The summed E-state index contributed by atoms with van der Waals surface area (Å²) in [5.74, 6) is 0.255.